The molecular formula is C17H22N2O4. The summed E-state index contributed by atoms with van der Waals surface area (Å²) in [5.41, 5.74) is 1.76. The third kappa shape index (κ3) is 3.88. The Morgan fingerprint density at radius 3 is 2.65 bits per heavy atom. The summed E-state index contributed by atoms with van der Waals surface area (Å²) in [5.74, 6) is -1.81. The van der Waals surface area contributed by atoms with Crippen LogP contribution in [0.3, 0.4) is 0 Å². The maximum absolute atomic E-state index is 12.2. The molecule has 124 valence electrons. The lowest BCUT2D eigenvalue weighted by atomic mass is 9.99. The predicted octanol–water partition coefficient (Wildman–Crippen LogP) is 1.58. The van der Waals surface area contributed by atoms with Gasteiger partial charge in [0.05, 0.1) is 0 Å². The Labute approximate surface area is 135 Å². The molecule has 0 fully saturated rings. The number of nitrogens with one attached hydrogen (secondary N) is 1. The van der Waals surface area contributed by atoms with Crippen LogP contribution in [-0.4, -0.2) is 35.5 Å². The minimum Gasteiger partial charge on any atom is -0.480 e. The van der Waals surface area contributed by atoms with Gasteiger partial charge in [0.25, 0.3) is 0 Å². The molecule has 0 saturated heterocycles. The van der Waals surface area contributed by atoms with Gasteiger partial charge < -0.3 is 15.3 Å². The van der Waals surface area contributed by atoms with Gasteiger partial charge >= 0.3 is 5.97 Å². The van der Waals surface area contributed by atoms with Crippen LogP contribution >= 0.6 is 0 Å². The number of aliphatic carboxylic acids is 1. The van der Waals surface area contributed by atoms with Crippen LogP contribution in [0.4, 0.5) is 5.69 Å². The van der Waals surface area contributed by atoms with Gasteiger partial charge in [-0.3, -0.25) is 9.59 Å². The quantitative estimate of drug-likeness (QED) is 0.834. The van der Waals surface area contributed by atoms with Crippen LogP contribution in [0.15, 0.2) is 24.3 Å². The van der Waals surface area contributed by atoms with Crippen LogP contribution < -0.4 is 10.2 Å². The van der Waals surface area contributed by atoms with Crippen molar-refractivity contribution in [2.45, 2.75) is 39.2 Å². The van der Waals surface area contributed by atoms with Gasteiger partial charge in [0.2, 0.25) is 11.8 Å². The van der Waals surface area contributed by atoms with E-state index in [1.54, 1.807) is 6.92 Å². The summed E-state index contributed by atoms with van der Waals surface area (Å²) in [5, 5.41) is 11.8. The summed E-state index contributed by atoms with van der Waals surface area (Å²) in [6.07, 6.45) is 1.67. The minimum absolute atomic E-state index is 0.116. The summed E-state index contributed by atoms with van der Waals surface area (Å²) < 4.78 is 0. The van der Waals surface area contributed by atoms with Crippen molar-refractivity contribution in [3.8, 4) is 0 Å². The van der Waals surface area contributed by atoms with Crippen molar-refractivity contribution < 1.29 is 19.5 Å². The fourth-order valence-electron chi connectivity index (χ4n) is 2.72. The Balaban J connectivity index is 2.10. The van der Waals surface area contributed by atoms with E-state index in [0.717, 1.165) is 11.3 Å². The van der Waals surface area contributed by atoms with E-state index < -0.39 is 17.9 Å². The van der Waals surface area contributed by atoms with E-state index in [2.05, 4.69) is 5.32 Å². The molecular weight excluding hydrogens is 296 g/mol. The Hall–Kier alpha value is -2.37. The second-order valence-electron chi connectivity index (χ2n) is 5.88. The molecule has 0 saturated carbocycles. The molecule has 6 nitrogen and oxygen atoms in total. The van der Waals surface area contributed by atoms with Crippen LogP contribution in [0.25, 0.3) is 0 Å². The molecule has 2 atom stereocenters. The Kier molecular flexibility index (Phi) is 5.36. The van der Waals surface area contributed by atoms with Crippen molar-refractivity contribution in [3.05, 3.63) is 29.8 Å². The fourth-order valence-corrected chi connectivity index (χ4v) is 2.72. The van der Waals surface area contributed by atoms with Gasteiger partial charge in [-0.1, -0.05) is 38.5 Å². The third-order valence-corrected chi connectivity index (χ3v) is 4.29. The standard InChI is InChI=1S/C17H22N2O4/c1-3-11(2)16(17(22)23)18-14(20)10-19-13-7-5-4-6-12(13)8-9-15(19)21/h4-7,11,16H,3,8-10H2,1-2H3,(H,18,20)(H,22,23). The molecule has 1 aliphatic heterocycles. The van der Waals surface area contributed by atoms with E-state index in [1.165, 1.54) is 4.90 Å². The number of nitrogens with zero attached hydrogens (tertiary/aromatic N) is 1. The highest BCUT2D eigenvalue weighted by Crippen LogP contribution is 2.27. The number of amides is 2. The molecule has 0 aromatic heterocycles. The number of para-hydroxylation sites is 1. The molecule has 0 radical (unpaired) electrons. The number of carboxylic acids is 1. The van der Waals surface area contributed by atoms with Gasteiger partial charge in [-0.05, 0) is 24.0 Å². The number of hydrogen-bond acceptors (Lipinski definition) is 3. The van der Waals surface area contributed by atoms with E-state index >= 15 is 0 Å². The molecule has 0 bridgehead atoms. The summed E-state index contributed by atoms with van der Waals surface area (Å²) in [6.45, 7) is 3.49. The average Bonchev–Trinajstić information content (AvgIpc) is 2.54. The lowest BCUT2D eigenvalue weighted by molar-refractivity contribution is -0.143. The van der Waals surface area contributed by atoms with Crippen LogP contribution in [-0.2, 0) is 20.8 Å². The number of aryl methyl sites for hydroxylation is 1. The molecule has 23 heavy (non-hydrogen) atoms. The van der Waals surface area contributed by atoms with Crippen molar-refractivity contribution >= 4 is 23.5 Å². The van der Waals surface area contributed by atoms with Crippen LogP contribution in [0.5, 0.6) is 0 Å². The van der Waals surface area contributed by atoms with E-state index in [0.29, 0.717) is 19.3 Å². The Bertz CT molecular complexity index is 614. The highest BCUT2D eigenvalue weighted by molar-refractivity contribution is 6.01. The van der Waals surface area contributed by atoms with E-state index in [1.807, 2.05) is 31.2 Å². The first-order valence-corrected chi connectivity index (χ1v) is 7.84. The summed E-state index contributed by atoms with van der Waals surface area (Å²) in [7, 11) is 0. The summed E-state index contributed by atoms with van der Waals surface area (Å²) in [4.78, 5) is 37.1. The topological polar surface area (TPSA) is 86.7 Å². The van der Waals surface area contributed by atoms with Gasteiger partial charge in [-0.25, -0.2) is 4.79 Å². The van der Waals surface area contributed by atoms with Crippen LogP contribution in [0, 0.1) is 5.92 Å². The van der Waals surface area contributed by atoms with Gasteiger partial charge in [-0.15, -0.1) is 0 Å². The number of carbonyl (C=O) groups excluding carboxylic acids is 2. The minimum atomic E-state index is -1.06. The summed E-state index contributed by atoms with van der Waals surface area (Å²) >= 11 is 0. The Morgan fingerprint density at radius 2 is 2.00 bits per heavy atom. The van der Waals surface area contributed by atoms with Gasteiger partial charge in [0, 0.05) is 12.1 Å². The molecule has 2 unspecified atom stereocenters. The maximum atomic E-state index is 12.2. The second-order valence-corrected chi connectivity index (χ2v) is 5.88. The smallest absolute Gasteiger partial charge is 0.326 e. The number of carbonyl (C=O) groups is 3. The molecule has 1 aromatic carbocycles. The molecule has 2 N–H and O–H groups in total. The normalized spacial score (nSPS) is 16.4. The van der Waals surface area contributed by atoms with Crippen molar-refractivity contribution in [1.82, 2.24) is 5.32 Å². The van der Waals surface area contributed by atoms with Crippen LogP contribution in [0.1, 0.15) is 32.3 Å². The van der Waals surface area contributed by atoms with E-state index in [9.17, 15) is 19.5 Å². The lowest BCUT2D eigenvalue weighted by Gasteiger charge is -2.29. The molecule has 0 aliphatic carbocycles. The Morgan fingerprint density at radius 1 is 1.30 bits per heavy atom. The first kappa shape index (κ1) is 17.0. The second kappa shape index (κ2) is 7.26. The van der Waals surface area contributed by atoms with Gasteiger partial charge in [0.15, 0.2) is 0 Å². The largest absolute Gasteiger partial charge is 0.480 e. The van der Waals surface area contributed by atoms with Crippen molar-refractivity contribution in [3.63, 3.8) is 0 Å². The van der Waals surface area contributed by atoms with Gasteiger partial charge in [0.1, 0.15) is 12.6 Å². The number of anilines is 1. The molecule has 2 rings (SSSR count). The first-order valence-electron chi connectivity index (χ1n) is 7.84. The lowest BCUT2D eigenvalue weighted by Crippen LogP contribution is -2.50. The highest BCUT2D eigenvalue weighted by atomic mass is 16.4. The number of benzene rings is 1. The highest BCUT2D eigenvalue weighted by Gasteiger charge is 2.29. The molecule has 1 aliphatic rings. The zero-order valence-electron chi connectivity index (χ0n) is 13.4. The first-order chi connectivity index (χ1) is 10.9. The van der Waals surface area contributed by atoms with E-state index in [-0.39, 0.29) is 18.4 Å². The molecule has 1 heterocycles. The zero-order chi connectivity index (χ0) is 17.0. The van der Waals surface area contributed by atoms with Crippen LogP contribution in [0.2, 0.25) is 0 Å². The fraction of sp³-hybridized carbons (Fsp3) is 0.471. The number of carboxylic acid groups (broad SMARTS) is 1. The molecule has 2 amide bonds. The SMILES string of the molecule is CCC(C)C(NC(=O)CN1C(=O)CCc2ccccc21)C(=O)O. The van der Waals surface area contributed by atoms with Crippen molar-refractivity contribution in [2.75, 3.05) is 11.4 Å². The predicted molar refractivity (Wildman–Crippen MR) is 86.1 cm³/mol. The molecule has 6 heteroatoms. The number of hydrogen-bond donors (Lipinski definition) is 2. The number of rotatable bonds is 6. The van der Waals surface area contributed by atoms with Gasteiger partial charge in [-0.2, -0.15) is 0 Å². The molecule has 0 spiro atoms. The maximum Gasteiger partial charge on any atom is 0.326 e. The average molecular weight is 318 g/mol. The van der Waals surface area contributed by atoms with Crippen molar-refractivity contribution in [2.24, 2.45) is 5.92 Å². The van der Waals surface area contributed by atoms with E-state index in [4.69, 9.17) is 0 Å². The summed E-state index contributed by atoms with van der Waals surface area (Å²) in [6, 6.07) is 6.52. The zero-order valence-corrected chi connectivity index (χ0v) is 13.4. The molecule has 1 aromatic rings. The monoisotopic (exact) mass is 318 g/mol. The van der Waals surface area contributed by atoms with Crippen molar-refractivity contribution in [1.29, 1.82) is 0 Å². The third-order valence-electron chi connectivity index (χ3n) is 4.29. The number of fused-ring (bicyclic) bond motifs is 1.